The van der Waals surface area contributed by atoms with E-state index in [1.807, 2.05) is 0 Å². The van der Waals surface area contributed by atoms with Gasteiger partial charge in [0.05, 0.1) is 6.10 Å². The van der Waals surface area contributed by atoms with Gasteiger partial charge in [-0.2, -0.15) is 0 Å². The molecule has 1 saturated carbocycles. The smallest absolute Gasteiger partial charge is 0.0546 e. The fraction of sp³-hybridized carbons (Fsp3) is 1.00. The summed E-state index contributed by atoms with van der Waals surface area (Å²) in [5.41, 5.74) is 0. The van der Waals surface area contributed by atoms with Crippen molar-refractivity contribution < 1.29 is 5.11 Å². The Morgan fingerprint density at radius 2 is 2.00 bits per heavy atom. The van der Waals surface area contributed by atoms with E-state index in [4.69, 9.17) is 5.11 Å². The highest BCUT2D eigenvalue weighted by Gasteiger charge is 2.26. The number of hydrogen-bond donors (Lipinski definition) is 1. The third-order valence-corrected chi connectivity index (χ3v) is 1.83. The van der Waals surface area contributed by atoms with Crippen molar-refractivity contribution in [2.75, 3.05) is 20.6 Å². The molecule has 2 heteroatoms. The zero-order valence-electron chi connectivity index (χ0n) is 6.17. The molecule has 0 bridgehead atoms. The van der Waals surface area contributed by atoms with Gasteiger partial charge in [-0.05, 0) is 32.9 Å². The highest BCUT2D eigenvalue weighted by atomic mass is 16.3. The SMILES string of the molecule is CN(C)CC1CC(O)C1. The minimum atomic E-state index is 0.00921. The molecule has 0 spiro atoms. The van der Waals surface area contributed by atoms with Crippen LogP contribution in [0.15, 0.2) is 0 Å². The number of aliphatic hydroxyl groups is 1. The van der Waals surface area contributed by atoms with E-state index in [9.17, 15) is 0 Å². The summed E-state index contributed by atoms with van der Waals surface area (Å²) in [6, 6.07) is 0. The number of aliphatic hydroxyl groups excluding tert-OH is 1. The summed E-state index contributed by atoms with van der Waals surface area (Å²) < 4.78 is 0. The Kier molecular flexibility index (Phi) is 2.09. The third kappa shape index (κ3) is 1.95. The summed E-state index contributed by atoms with van der Waals surface area (Å²) >= 11 is 0. The summed E-state index contributed by atoms with van der Waals surface area (Å²) in [5, 5.41) is 8.91. The van der Waals surface area contributed by atoms with Crippen LogP contribution in [-0.4, -0.2) is 36.8 Å². The van der Waals surface area contributed by atoms with Gasteiger partial charge in [-0.3, -0.25) is 0 Å². The lowest BCUT2D eigenvalue weighted by Gasteiger charge is -2.33. The van der Waals surface area contributed by atoms with Crippen molar-refractivity contribution >= 4 is 0 Å². The van der Waals surface area contributed by atoms with Crippen LogP contribution in [0, 0.1) is 5.92 Å². The van der Waals surface area contributed by atoms with Gasteiger partial charge in [-0.15, -0.1) is 0 Å². The molecule has 0 amide bonds. The van der Waals surface area contributed by atoms with Crippen molar-refractivity contribution in [3.05, 3.63) is 0 Å². The average molecular weight is 129 g/mol. The van der Waals surface area contributed by atoms with E-state index in [1.165, 1.54) is 0 Å². The van der Waals surface area contributed by atoms with Gasteiger partial charge in [0, 0.05) is 6.54 Å². The van der Waals surface area contributed by atoms with E-state index < -0.39 is 0 Å². The second-order valence-corrected chi connectivity index (χ2v) is 3.25. The van der Waals surface area contributed by atoms with E-state index in [0.717, 1.165) is 25.3 Å². The molecule has 0 aromatic rings. The summed E-state index contributed by atoms with van der Waals surface area (Å²) in [7, 11) is 4.15. The molecular formula is C7H15NO. The fourth-order valence-electron chi connectivity index (χ4n) is 1.37. The molecule has 0 radical (unpaired) electrons. The zero-order chi connectivity index (χ0) is 6.85. The van der Waals surface area contributed by atoms with Crippen molar-refractivity contribution in [2.45, 2.75) is 18.9 Å². The molecule has 1 fully saturated rings. The maximum atomic E-state index is 8.91. The molecule has 2 nitrogen and oxygen atoms in total. The van der Waals surface area contributed by atoms with Gasteiger partial charge in [0.2, 0.25) is 0 Å². The van der Waals surface area contributed by atoms with E-state index in [0.29, 0.717) is 0 Å². The lowest BCUT2D eigenvalue weighted by atomic mass is 9.82. The van der Waals surface area contributed by atoms with Crippen LogP contribution in [0.25, 0.3) is 0 Å². The van der Waals surface area contributed by atoms with E-state index in [-0.39, 0.29) is 6.10 Å². The molecule has 1 aliphatic rings. The Hall–Kier alpha value is -0.0800. The first-order valence-corrected chi connectivity index (χ1v) is 3.51. The Bertz CT molecular complexity index is 86.9. The molecular weight excluding hydrogens is 114 g/mol. The highest BCUT2D eigenvalue weighted by molar-refractivity contribution is 4.79. The van der Waals surface area contributed by atoms with Crippen molar-refractivity contribution in [1.29, 1.82) is 0 Å². The number of nitrogens with zero attached hydrogens (tertiary/aromatic N) is 1. The molecule has 0 saturated heterocycles. The Labute approximate surface area is 56.5 Å². The minimum Gasteiger partial charge on any atom is -0.393 e. The van der Waals surface area contributed by atoms with Gasteiger partial charge >= 0.3 is 0 Å². The monoisotopic (exact) mass is 129 g/mol. The van der Waals surface area contributed by atoms with Gasteiger partial charge < -0.3 is 10.0 Å². The van der Waals surface area contributed by atoms with Crippen LogP contribution in [0.4, 0.5) is 0 Å². The minimum absolute atomic E-state index is 0.00921. The molecule has 9 heavy (non-hydrogen) atoms. The first kappa shape index (κ1) is 7.03. The third-order valence-electron chi connectivity index (χ3n) is 1.83. The van der Waals surface area contributed by atoms with Crippen LogP contribution in [-0.2, 0) is 0 Å². The highest BCUT2D eigenvalue weighted by Crippen LogP contribution is 2.26. The van der Waals surface area contributed by atoms with Crippen LogP contribution in [0.2, 0.25) is 0 Å². The molecule has 0 aliphatic heterocycles. The molecule has 0 aromatic heterocycles. The Morgan fingerprint density at radius 3 is 2.33 bits per heavy atom. The number of rotatable bonds is 2. The number of hydrogen-bond acceptors (Lipinski definition) is 2. The van der Waals surface area contributed by atoms with Gasteiger partial charge in [-0.1, -0.05) is 0 Å². The first-order valence-electron chi connectivity index (χ1n) is 3.51. The van der Waals surface area contributed by atoms with Gasteiger partial charge in [0.15, 0.2) is 0 Å². The van der Waals surface area contributed by atoms with E-state index in [2.05, 4.69) is 19.0 Å². The maximum absolute atomic E-state index is 8.91. The molecule has 54 valence electrons. The first-order chi connectivity index (χ1) is 4.18. The topological polar surface area (TPSA) is 23.5 Å². The lowest BCUT2D eigenvalue weighted by Crippen LogP contribution is -2.35. The predicted molar refractivity (Wildman–Crippen MR) is 37.3 cm³/mol. The summed E-state index contributed by atoms with van der Waals surface area (Å²) in [6.45, 7) is 1.14. The van der Waals surface area contributed by atoms with E-state index >= 15 is 0 Å². The average Bonchev–Trinajstić information content (AvgIpc) is 1.60. The molecule has 1 rings (SSSR count). The largest absolute Gasteiger partial charge is 0.393 e. The van der Waals surface area contributed by atoms with Crippen LogP contribution < -0.4 is 0 Å². The Balaban J connectivity index is 2.04. The van der Waals surface area contributed by atoms with Crippen LogP contribution in [0.3, 0.4) is 0 Å². The van der Waals surface area contributed by atoms with Crippen molar-refractivity contribution in [1.82, 2.24) is 4.90 Å². The zero-order valence-corrected chi connectivity index (χ0v) is 6.17. The van der Waals surface area contributed by atoms with Crippen molar-refractivity contribution in [3.63, 3.8) is 0 Å². The van der Waals surface area contributed by atoms with Crippen molar-refractivity contribution in [3.8, 4) is 0 Å². The molecule has 1 aliphatic carbocycles. The summed E-state index contributed by atoms with van der Waals surface area (Å²) in [4.78, 5) is 2.18. The van der Waals surface area contributed by atoms with Crippen LogP contribution in [0.1, 0.15) is 12.8 Å². The van der Waals surface area contributed by atoms with Gasteiger partial charge in [0.25, 0.3) is 0 Å². The normalized spacial score (nSPS) is 34.7. The van der Waals surface area contributed by atoms with Gasteiger partial charge in [0.1, 0.15) is 0 Å². The van der Waals surface area contributed by atoms with Crippen LogP contribution in [0.5, 0.6) is 0 Å². The lowest BCUT2D eigenvalue weighted by molar-refractivity contribution is 0.0316. The van der Waals surface area contributed by atoms with Gasteiger partial charge in [-0.25, -0.2) is 0 Å². The second kappa shape index (κ2) is 2.67. The maximum Gasteiger partial charge on any atom is 0.0546 e. The van der Waals surface area contributed by atoms with E-state index in [1.54, 1.807) is 0 Å². The molecule has 0 unspecified atom stereocenters. The predicted octanol–water partition coefficient (Wildman–Crippen LogP) is 0.319. The molecule has 0 atom stereocenters. The molecule has 0 aromatic carbocycles. The molecule has 0 heterocycles. The summed E-state index contributed by atoms with van der Waals surface area (Å²) in [5.74, 6) is 0.759. The fourth-order valence-corrected chi connectivity index (χ4v) is 1.37. The standard InChI is InChI=1S/C7H15NO/c1-8(2)5-6-3-7(9)4-6/h6-7,9H,3-5H2,1-2H3. The second-order valence-electron chi connectivity index (χ2n) is 3.25. The molecule has 1 N–H and O–H groups in total. The Morgan fingerprint density at radius 1 is 1.44 bits per heavy atom. The van der Waals surface area contributed by atoms with Crippen LogP contribution >= 0.6 is 0 Å². The van der Waals surface area contributed by atoms with Crippen molar-refractivity contribution in [2.24, 2.45) is 5.92 Å². The quantitative estimate of drug-likeness (QED) is 0.580. The summed E-state index contributed by atoms with van der Waals surface area (Å²) in [6.07, 6.45) is 2.03.